The molecule has 0 amide bonds. The van der Waals surface area contributed by atoms with Crippen LogP contribution in [-0.2, 0) is 0 Å². The SMILES string of the molecule is c1ccc(-n2c3ccccc3c3c4oc5c(-c6nc(-c7cccc8oc9ccccc9c78)c7ccccc7n6)cccc5c4ccc32)cc1. The second kappa shape index (κ2) is 9.89. The molecule has 0 N–H and O–H groups in total. The minimum Gasteiger partial charge on any atom is -0.456 e. The molecule has 0 atom stereocenters. The fraction of sp³-hybridized carbons (Fsp3) is 0. The standard InChI is InChI=1S/C44H25N3O2/c1-2-12-26(13-3-1)47-35-21-8-5-15-30(35)40-36(47)25-24-28-27-17-10-19-33(42(27)49-43(28)40)44-45-34-20-7-4-14-29(34)41(46-44)32-18-11-23-38-39(32)31-16-6-9-22-37(31)48-38/h1-25H. The van der Waals surface area contributed by atoms with Gasteiger partial charge in [0, 0.05) is 43.6 Å². The van der Waals surface area contributed by atoms with E-state index >= 15 is 0 Å². The van der Waals surface area contributed by atoms with Crippen molar-refractivity contribution in [1.29, 1.82) is 0 Å². The summed E-state index contributed by atoms with van der Waals surface area (Å²) in [4.78, 5) is 10.5. The molecule has 0 bridgehead atoms. The van der Waals surface area contributed by atoms with E-state index in [4.69, 9.17) is 18.8 Å². The summed E-state index contributed by atoms with van der Waals surface area (Å²) in [7, 11) is 0. The second-order valence-corrected chi connectivity index (χ2v) is 12.5. The average Bonchev–Trinajstić information content (AvgIpc) is 3.84. The van der Waals surface area contributed by atoms with Gasteiger partial charge in [0.25, 0.3) is 0 Å². The third-order valence-electron chi connectivity index (χ3n) is 9.82. The highest BCUT2D eigenvalue weighted by Gasteiger charge is 2.22. The summed E-state index contributed by atoms with van der Waals surface area (Å²) < 4.78 is 15.6. The Morgan fingerprint density at radius 3 is 2.02 bits per heavy atom. The van der Waals surface area contributed by atoms with E-state index in [0.717, 1.165) is 99.1 Å². The molecule has 228 valence electrons. The predicted molar refractivity (Wildman–Crippen MR) is 199 cm³/mol. The van der Waals surface area contributed by atoms with Crippen LogP contribution in [0.5, 0.6) is 0 Å². The summed E-state index contributed by atoms with van der Waals surface area (Å²) in [6.45, 7) is 0. The lowest BCUT2D eigenvalue weighted by Crippen LogP contribution is -1.95. The number of para-hydroxylation sites is 5. The van der Waals surface area contributed by atoms with Crippen molar-refractivity contribution in [2.75, 3.05) is 0 Å². The van der Waals surface area contributed by atoms with Gasteiger partial charge < -0.3 is 13.4 Å². The number of benzene rings is 7. The van der Waals surface area contributed by atoms with Gasteiger partial charge in [-0.3, -0.25) is 0 Å². The molecule has 0 fully saturated rings. The van der Waals surface area contributed by atoms with Gasteiger partial charge in [0.15, 0.2) is 5.82 Å². The molecular formula is C44H25N3O2. The third kappa shape index (κ3) is 3.70. The highest BCUT2D eigenvalue weighted by atomic mass is 16.3. The zero-order valence-corrected chi connectivity index (χ0v) is 26.1. The van der Waals surface area contributed by atoms with Gasteiger partial charge >= 0.3 is 0 Å². The maximum atomic E-state index is 6.97. The predicted octanol–water partition coefficient (Wildman–Crippen LogP) is 11.9. The highest BCUT2D eigenvalue weighted by molar-refractivity contribution is 6.24. The van der Waals surface area contributed by atoms with Gasteiger partial charge in [-0.2, -0.15) is 0 Å². The van der Waals surface area contributed by atoms with E-state index in [1.807, 2.05) is 42.5 Å². The lowest BCUT2D eigenvalue weighted by molar-refractivity contribution is 0.669. The molecular weight excluding hydrogens is 603 g/mol. The maximum Gasteiger partial charge on any atom is 0.164 e. The van der Waals surface area contributed by atoms with Crippen molar-refractivity contribution in [3.63, 3.8) is 0 Å². The summed E-state index contributed by atoms with van der Waals surface area (Å²) in [6.07, 6.45) is 0. The van der Waals surface area contributed by atoms with E-state index < -0.39 is 0 Å². The molecule has 0 saturated heterocycles. The quantitative estimate of drug-likeness (QED) is 0.196. The summed E-state index contributed by atoms with van der Waals surface area (Å²) in [5.74, 6) is 0.617. The van der Waals surface area contributed by atoms with Crippen molar-refractivity contribution in [2.24, 2.45) is 0 Å². The largest absolute Gasteiger partial charge is 0.456 e. The minimum atomic E-state index is 0.617. The van der Waals surface area contributed by atoms with Crippen molar-refractivity contribution >= 4 is 76.6 Å². The van der Waals surface area contributed by atoms with Crippen molar-refractivity contribution in [3.8, 4) is 28.3 Å². The molecule has 0 aliphatic carbocycles. The van der Waals surface area contributed by atoms with Gasteiger partial charge in [0.1, 0.15) is 22.3 Å². The third-order valence-corrected chi connectivity index (χ3v) is 9.82. The average molecular weight is 628 g/mol. The molecule has 11 aromatic rings. The first-order chi connectivity index (χ1) is 24.3. The molecule has 0 spiro atoms. The van der Waals surface area contributed by atoms with Gasteiger partial charge in [0.2, 0.25) is 0 Å². The molecule has 0 unspecified atom stereocenters. The van der Waals surface area contributed by atoms with Crippen molar-refractivity contribution in [1.82, 2.24) is 14.5 Å². The molecule has 0 aliphatic heterocycles. The van der Waals surface area contributed by atoms with Crippen LogP contribution in [0.3, 0.4) is 0 Å². The van der Waals surface area contributed by atoms with Crippen LogP contribution in [0.15, 0.2) is 160 Å². The lowest BCUT2D eigenvalue weighted by atomic mass is 10.00. The van der Waals surface area contributed by atoms with Crippen LogP contribution < -0.4 is 0 Å². The Bertz CT molecular complexity index is 3110. The number of fused-ring (bicyclic) bond motifs is 11. The second-order valence-electron chi connectivity index (χ2n) is 12.5. The monoisotopic (exact) mass is 627 g/mol. The molecule has 5 nitrogen and oxygen atoms in total. The smallest absolute Gasteiger partial charge is 0.164 e. The van der Waals surface area contributed by atoms with Crippen LogP contribution >= 0.6 is 0 Å². The molecule has 0 saturated carbocycles. The molecule has 0 radical (unpaired) electrons. The van der Waals surface area contributed by atoms with E-state index in [0.29, 0.717) is 5.82 Å². The van der Waals surface area contributed by atoms with Crippen molar-refractivity contribution in [3.05, 3.63) is 152 Å². The number of rotatable bonds is 3. The zero-order valence-electron chi connectivity index (χ0n) is 26.1. The van der Waals surface area contributed by atoms with E-state index in [2.05, 4.69) is 114 Å². The zero-order chi connectivity index (χ0) is 32.1. The molecule has 4 aromatic heterocycles. The van der Waals surface area contributed by atoms with E-state index in [9.17, 15) is 0 Å². The number of nitrogens with zero attached hydrogens (tertiary/aromatic N) is 3. The molecule has 11 rings (SSSR count). The first-order valence-electron chi connectivity index (χ1n) is 16.4. The summed E-state index contributed by atoms with van der Waals surface area (Å²) in [6, 6.07) is 52.3. The molecule has 5 heteroatoms. The van der Waals surface area contributed by atoms with Crippen LogP contribution in [0.2, 0.25) is 0 Å². The Kier molecular flexibility index (Phi) is 5.32. The van der Waals surface area contributed by atoms with Gasteiger partial charge in [-0.05, 0) is 54.6 Å². The summed E-state index contributed by atoms with van der Waals surface area (Å²) in [5, 5.41) is 7.44. The van der Waals surface area contributed by atoms with Gasteiger partial charge in [-0.1, -0.05) is 97.1 Å². The Balaban J connectivity index is 1.21. The Labute approximate surface area is 279 Å². The highest BCUT2D eigenvalue weighted by Crippen LogP contribution is 2.44. The number of hydrogen-bond donors (Lipinski definition) is 0. The van der Waals surface area contributed by atoms with Crippen LogP contribution in [0.4, 0.5) is 0 Å². The number of furan rings is 2. The fourth-order valence-corrected chi connectivity index (χ4v) is 7.71. The topological polar surface area (TPSA) is 57.0 Å². The molecule has 7 aromatic carbocycles. The minimum absolute atomic E-state index is 0.617. The Morgan fingerprint density at radius 2 is 1.10 bits per heavy atom. The number of aromatic nitrogens is 3. The van der Waals surface area contributed by atoms with Crippen molar-refractivity contribution in [2.45, 2.75) is 0 Å². The van der Waals surface area contributed by atoms with Crippen LogP contribution in [0, 0.1) is 0 Å². The van der Waals surface area contributed by atoms with Gasteiger partial charge in [-0.25, -0.2) is 9.97 Å². The molecule has 4 heterocycles. The lowest BCUT2D eigenvalue weighted by Gasteiger charge is -2.10. The summed E-state index contributed by atoms with van der Waals surface area (Å²) in [5.41, 5.74) is 10.3. The van der Waals surface area contributed by atoms with Gasteiger partial charge in [0.05, 0.1) is 33.2 Å². The maximum absolute atomic E-state index is 6.97. The Hall–Kier alpha value is -6.72. The van der Waals surface area contributed by atoms with E-state index in [1.165, 1.54) is 0 Å². The van der Waals surface area contributed by atoms with E-state index in [-0.39, 0.29) is 0 Å². The normalized spacial score (nSPS) is 12.1. The first-order valence-corrected chi connectivity index (χ1v) is 16.4. The fourth-order valence-electron chi connectivity index (χ4n) is 7.71. The van der Waals surface area contributed by atoms with Crippen LogP contribution in [0.25, 0.3) is 105 Å². The van der Waals surface area contributed by atoms with Crippen LogP contribution in [-0.4, -0.2) is 14.5 Å². The van der Waals surface area contributed by atoms with Crippen LogP contribution in [0.1, 0.15) is 0 Å². The van der Waals surface area contributed by atoms with Gasteiger partial charge in [-0.15, -0.1) is 0 Å². The van der Waals surface area contributed by atoms with Crippen molar-refractivity contribution < 1.29 is 8.83 Å². The Morgan fingerprint density at radius 1 is 0.408 bits per heavy atom. The molecule has 49 heavy (non-hydrogen) atoms. The molecule has 0 aliphatic rings. The first kappa shape index (κ1) is 26.4. The van der Waals surface area contributed by atoms with E-state index in [1.54, 1.807) is 0 Å². The summed E-state index contributed by atoms with van der Waals surface area (Å²) >= 11 is 0. The number of hydrogen-bond acceptors (Lipinski definition) is 4.